The van der Waals surface area contributed by atoms with E-state index in [4.69, 9.17) is 9.72 Å². The molecule has 176 valence electrons. The largest absolute Gasteiger partial charge is 0.484 e. The predicted molar refractivity (Wildman–Crippen MR) is 132 cm³/mol. The predicted octanol–water partition coefficient (Wildman–Crippen LogP) is 3.13. The molecule has 1 unspecified atom stereocenters. The normalized spacial score (nSPS) is 15.3. The monoisotopic (exact) mass is 471 g/mol. The number of H-pyrrole nitrogens is 1. The first kappa shape index (κ1) is 21.1. The van der Waals surface area contributed by atoms with Gasteiger partial charge in [-0.05, 0) is 24.3 Å². The first-order valence-electron chi connectivity index (χ1n) is 11.2. The van der Waals surface area contributed by atoms with Crippen LogP contribution in [0.2, 0.25) is 0 Å². The Morgan fingerprint density at radius 2 is 1.97 bits per heavy atom. The van der Waals surface area contributed by atoms with Crippen LogP contribution in [0.15, 0.2) is 65.7 Å². The first-order valence-corrected chi connectivity index (χ1v) is 11.2. The molecule has 1 N–H and O–H groups in total. The molecular formula is C25H22FN7O2. The van der Waals surface area contributed by atoms with Gasteiger partial charge in [0.25, 0.3) is 5.56 Å². The molecule has 5 aromatic rings. The summed E-state index contributed by atoms with van der Waals surface area (Å²) in [7, 11) is 3.71. The van der Waals surface area contributed by atoms with E-state index >= 15 is 0 Å². The smallest absolute Gasteiger partial charge is 0.267 e. The maximum Gasteiger partial charge on any atom is 0.267 e. The summed E-state index contributed by atoms with van der Waals surface area (Å²) < 4.78 is 21.9. The van der Waals surface area contributed by atoms with Gasteiger partial charge in [0.2, 0.25) is 5.95 Å². The molecule has 0 fully saturated rings. The molecule has 2 aromatic carbocycles. The molecule has 10 heteroatoms. The average Bonchev–Trinajstić information content (AvgIpc) is 3.35. The Morgan fingerprint density at radius 3 is 2.80 bits per heavy atom. The molecular weight excluding hydrogens is 449 g/mol. The number of para-hydroxylation sites is 2. The lowest BCUT2D eigenvalue weighted by Crippen LogP contribution is -2.45. The van der Waals surface area contributed by atoms with Gasteiger partial charge >= 0.3 is 0 Å². The van der Waals surface area contributed by atoms with Crippen LogP contribution in [0, 0.1) is 5.82 Å². The summed E-state index contributed by atoms with van der Waals surface area (Å²) in [5.74, 6) is 0.645. The molecule has 6 rings (SSSR count). The number of ether oxygens (including phenoxy) is 1. The van der Waals surface area contributed by atoms with E-state index in [0.717, 1.165) is 0 Å². The van der Waals surface area contributed by atoms with Crippen molar-refractivity contribution in [1.82, 2.24) is 24.7 Å². The van der Waals surface area contributed by atoms with Crippen LogP contribution in [-0.4, -0.2) is 58.0 Å². The molecule has 1 atom stereocenters. The SMILES string of the molecule is CN(CC1CN(C)c2c(F)cccc2O1)c1ncc2c3[nH]ncc3c(=O)n(-c3ccccc3)c2n1. The number of fused-ring (bicyclic) bond motifs is 4. The lowest BCUT2D eigenvalue weighted by molar-refractivity contribution is 0.200. The van der Waals surface area contributed by atoms with Crippen LogP contribution in [0.25, 0.3) is 27.6 Å². The standard InChI is InChI=1S/C25H22FN7O2/c1-31-13-16(35-20-10-6-9-19(26)22(20)31)14-32(2)25-27-11-17-21-18(12-28-30-21)24(34)33(23(17)29-25)15-7-4-3-5-8-15/h3-12,16H,13-14H2,1-2H3,(H,28,30). The second-order valence-corrected chi connectivity index (χ2v) is 8.63. The third-order valence-electron chi connectivity index (χ3n) is 6.25. The Morgan fingerprint density at radius 1 is 1.14 bits per heavy atom. The van der Waals surface area contributed by atoms with E-state index in [9.17, 15) is 9.18 Å². The fourth-order valence-electron chi connectivity index (χ4n) is 4.64. The zero-order chi connectivity index (χ0) is 24.1. The molecule has 3 aromatic heterocycles. The lowest BCUT2D eigenvalue weighted by Gasteiger charge is -2.35. The number of rotatable bonds is 4. The second-order valence-electron chi connectivity index (χ2n) is 8.63. The third kappa shape index (κ3) is 3.45. The number of aromatic nitrogens is 5. The van der Waals surface area contributed by atoms with E-state index in [1.54, 1.807) is 22.9 Å². The van der Waals surface area contributed by atoms with E-state index in [0.29, 0.717) is 58.1 Å². The van der Waals surface area contributed by atoms with Gasteiger partial charge in [0.1, 0.15) is 23.4 Å². The van der Waals surface area contributed by atoms with Crippen molar-refractivity contribution in [3.63, 3.8) is 0 Å². The van der Waals surface area contributed by atoms with E-state index in [1.165, 1.54) is 12.3 Å². The Bertz CT molecular complexity index is 1620. The maximum atomic E-state index is 14.2. The van der Waals surface area contributed by atoms with Gasteiger partial charge in [-0.25, -0.2) is 9.37 Å². The van der Waals surface area contributed by atoms with Gasteiger partial charge in [-0.3, -0.25) is 14.5 Å². The van der Waals surface area contributed by atoms with Crippen molar-refractivity contribution in [2.75, 3.05) is 37.0 Å². The molecule has 0 spiro atoms. The van der Waals surface area contributed by atoms with Crippen molar-refractivity contribution >= 4 is 33.6 Å². The number of benzene rings is 2. The van der Waals surface area contributed by atoms with Gasteiger partial charge in [-0.15, -0.1) is 0 Å². The molecule has 0 saturated heterocycles. The summed E-state index contributed by atoms with van der Waals surface area (Å²) in [6.45, 7) is 0.975. The molecule has 0 amide bonds. The van der Waals surface area contributed by atoms with Crippen LogP contribution < -0.4 is 20.1 Å². The van der Waals surface area contributed by atoms with E-state index in [-0.39, 0.29) is 17.5 Å². The van der Waals surface area contributed by atoms with E-state index in [2.05, 4.69) is 15.2 Å². The third-order valence-corrected chi connectivity index (χ3v) is 6.25. The molecule has 4 heterocycles. The average molecular weight is 471 g/mol. The van der Waals surface area contributed by atoms with Crippen LogP contribution in [0.1, 0.15) is 0 Å². The lowest BCUT2D eigenvalue weighted by atomic mass is 10.2. The zero-order valence-electron chi connectivity index (χ0n) is 19.1. The summed E-state index contributed by atoms with van der Waals surface area (Å²) in [4.78, 5) is 26.4. The van der Waals surface area contributed by atoms with Gasteiger partial charge in [0.15, 0.2) is 5.65 Å². The molecule has 0 radical (unpaired) electrons. The Kier molecular flexibility index (Phi) is 4.87. The molecule has 9 nitrogen and oxygen atoms in total. The minimum atomic E-state index is -0.307. The van der Waals surface area contributed by atoms with Gasteiger partial charge in [-0.1, -0.05) is 24.3 Å². The summed E-state index contributed by atoms with van der Waals surface area (Å²) in [6, 6.07) is 14.2. The molecule has 1 aliphatic heterocycles. The summed E-state index contributed by atoms with van der Waals surface area (Å²) in [5.41, 5.74) is 2.03. The fourth-order valence-corrected chi connectivity index (χ4v) is 4.64. The van der Waals surface area contributed by atoms with Crippen molar-refractivity contribution in [2.45, 2.75) is 6.10 Å². The van der Waals surface area contributed by atoms with Crippen LogP contribution in [0.3, 0.4) is 0 Å². The van der Waals surface area contributed by atoms with Crippen molar-refractivity contribution in [3.8, 4) is 11.4 Å². The number of nitrogens with one attached hydrogen (secondary N) is 1. The number of hydrogen-bond acceptors (Lipinski definition) is 7. The molecule has 0 bridgehead atoms. The van der Waals surface area contributed by atoms with Gasteiger partial charge in [0, 0.05) is 20.3 Å². The van der Waals surface area contributed by atoms with Crippen LogP contribution >= 0.6 is 0 Å². The number of nitrogens with zero attached hydrogens (tertiary/aromatic N) is 6. The number of anilines is 2. The van der Waals surface area contributed by atoms with E-state index in [1.807, 2.05) is 54.2 Å². The highest BCUT2D eigenvalue weighted by atomic mass is 19.1. The summed E-state index contributed by atoms with van der Waals surface area (Å²) in [5, 5.41) is 8.12. The Hall–Kier alpha value is -4.47. The minimum absolute atomic E-state index is 0.212. The summed E-state index contributed by atoms with van der Waals surface area (Å²) in [6.07, 6.45) is 2.99. The topological polar surface area (TPSA) is 92.2 Å². The van der Waals surface area contributed by atoms with Crippen molar-refractivity contribution in [1.29, 1.82) is 0 Å². The molecule has 1 aliphatic rings. The first-order chi connectivity index (χ1) is 17.0. The number of aromatic amines is 1. The molecule has 35 heavy (non-hydrogen) atoms. The number of likely N-dealkylation sites (N-methyl/N-ethyl adjacent to an activating group) is 2. The summed E-state index contributed by atoms with van der Waals surface area (Å²) >= 11 is 0. The maximum absolute atomic E-state index is 14.2. The number of pyridine rings is 1. The van der Waals surface area contributed by atoms with Gasteiger partial charge in [-0.2, -0.15) is 10.1 Å². The van der Waals surface area contributed by atoms with Crippen LogP contribution in [0.4, 0.5) is 16.0 Å². The second kappa shape index (κ2) is 8.08. The molecule has 0 aliphatic carbocycles. The zero-order valence-corrected chi connectivity index (χ0v) is 19.1. The Labute approximate surface area is 199 Å². The van der Waals surface area contributed by atoms with E-state index < -0.39 is 0 Å². The van der Waals surface area contributed by atoms with Crippen molar-refractivity contribution in [3.05, 3.63) is 77.1 Å². The van der Waals surface area contributed by atoms with Gasteiger partial charge in [0.05, 0.1) is 41.3 Å². The van der Waals surface area contributed by atoms with Gasteiger partial charge < -0.3 is 14.5 Å². The number of halogens is 1. The minimum Gasteiger partial charge on any atom is -0.484 e. The fraction of sp³-hybridized carbons (Fsp3) is 0.200. The highest BCUT2D eigenvalue weighted by molar-refractivity contribution is 6.02. The molecule has 0 saturated carbocycles. The van der Waals surface area contributed by atoms with Crippen molar-refractivity contribution < 1.29 is 9.13 Å². The highest BCUT2D eigenvalue weighted by Crippen LogP contribution is 2.35. The quantitative estimate of drug-likeness (QED) is 0.431. The highest BCUT2D eigenvalue weighted by Gasteiger charge is 2.27. The van der Waals surface area contributed by atoms with Crippen LogP contribution in [-0.2, 0) is 0 Å². The Balaban J connectivity index is 1.39. The van der Waals surface area contributed by atoms with Crippen LogP contribution in [0.5, 0.6) is 5.75 Å². The van der Waals surface area contributed by atoms with Crippen molar-refractivity contribution in [2.24, 2.45) is 0 Å². The number of hydrogen-bond donors (Lipinski definition) is 1.